The van der Waals surface area contributed by atoms with Gasteiger partial charge in [-0.3, -0.25) is 14.4 Å². The molecule has 0 unspecified atom stereocenters. The number of carbonyl (C=O) groups is 3. The molecule has 8 nitrogen and oxygen atoms in total. The van der Waals surface area contributed by atoms with E-state index >= 15 is 0 Å². The van der Waals surface area contributed by atoms with Crippen LogP contribution in [0, 0.1) is 6.92 Å². The molecule has 3 aromatic rings. The maximum absolute atomic E-state index is 13.0. The Morgan fingerprint density at radius 2 is 1.78 bits per heavy atom. The first-order chi connectivity index (χ1) is 15.3. The van der Waals surface area contributed by atoms with Crippen molar-refractivity contribution in [2.45, 2.75) is 38.6 Å². The largest absolute Gasteiger partial charge is 0.481 e. The number of carbonyl (C=O) groups excluding carboxylic acids is 2. The van der Waals surface area contributed by atoms with Gasteiger partial charge < -0.3 is 20.2 Å². The highest BCUT2D eigenvalue weighted by Crippen LogP contribution is 2.21. The number of benzene rings is 2. The van der Waals surface area contributed by atoms with Crippen LogP contribution >= 0.6 is 0 Å². The molecule has 8 heteroatoms. The molecule has 0 saturated carbocycles. The van der Waals surface area contributed by atoms with Gasteiger partial charge in [-0.1, -0.05) is 30.3 Å². The van der Waals surface area contributed by atoms with Gasteiger partial charge >= 0.3 is 11.6 Å². The van der Waals surface area contributed by atoms with Gasteiger partial charge in [0, 0.05) is 42.5 Å². The standard InChI is InChI=1S/C24H24N2O6/c1-15-12-23(30)32-20-14-17(10-11-18(15)20)25-24(31)19(13-16-6-3-2-4-7-16)26-21(27)8-5-9-22(28)29/h2-4,6-7,10-12,14,19H,5,8-9,13H2,1H3,(H,25,31)(H,26,27)(H,28,29)/t19-/m1/s1. The Bertz CT molecular complexity index is 1190. The van der Waals surface area contributed by atoms with Crippen LogP contribution in [0.2, 0.25) is 0 Å². The highest BCUT2D eigenvalue weighted by atomic mass is 16.4. The van der Waals surface area contributed by atoms with E-state index in [1.165, 1.54) is 6.07 Å². The van der Waals surface area contributed by atoms with Gasteiger partial charge in [-0.15, -0.1) is 0 Å². The molecule has 1 atom stereocenters. The van der Waals surface area contributed by atoms with Crippen LogP contribution in [0.1, 0.15) is 30.4 Å². The van der Waals surface area contributed by atoms with Crippen molar-refractivity contribution in [1.82, 2.24) is 5.32 Å². The lowest BCUT2D eigenvalue weighted by atomic mass is 10.0. The Labute approximate surface area is 184 Å². The first kappa shape index (κ1) is 22.7. The second kappa shape index (κ2) is 10.4. The van der Waals surface area contributed by atoms with Crippen molar-refractivity contribution >= 4 is 34.4 Å². The summed E-state index contributed by atoms with van der Waals surface area (Å²) in [6.45, 7) is 1.80. The average molecular weight is 436 g/mol. The Morgan fingerprint density at radius 1 is 1.03 bits per heavy atom. The third-order valence-electron chi connectivity index (χ3n) is 4.95. The number of aliphatic carboxylic acids is 1. The zero-order valence-corrected chi connectivity index (χ0v) is 17.6. The van der Waals surface area contributed by atoms with Crippen LogP contribution in [0.5, 0.6) is 0 Å². The van der Waals surface area contributed by atoms with E-state index in [0.29, 0.717) is 11.3 Å². The van der Waals surface area contributed by atoms with Crippen molar-refractivity contribution in [3.05, 3.63) is 76.1 Å². The van der Waals surface area contributed by atoms with E-state index in [2.05, 4.69) is 10.6 Å². The molecule has 0 fully saturated rings. The van der Waals surface area contributed by atoms with Crippen molar-refractivity contribution in [2.75, 3.05) is 5.32 Å². The second-order valence-electron chi connectivity index (χ2n) is 7.51. The first-order valence-corrected chi connectivity index (χ1v) is 10.2. The maximum atomic E-state index is 13.0. The molecule has 2 aromatic carbocycles. The Morgan fingerprint density at radius 3 is 2.50 bits per heavy atom. The van der Waals surface area contributed by atoms with Crippen molar-refractivity contribution in [3.63, 3.8) is 0 Å². The summed E-state index contributed by atoms with van der Waals surface area (Å²) in [6.07, 6.45) is 0.332. The summed E-state index contributed by atoms with van der Waals surface area (Å²) in [7, 11) is 0. The van der Waals surface area contributed by atoms with Crippen LogP contribution in [-0.2, 0) is 20.8 Å². The minimum Gasteiger partial charge on any atom is -0.481 e. The molecule has 0 aliphatic rings. The molecule has 0 saturated heterocycles. The number of anilines is 1. The van der Waals surface area contributed by atoms with Crippen LogP contribution in [0.25, 0.3) is 11.0 Å². The average Bonchev–Trinajstić information content (AvgIpc) is 2.73. The fourth-order valence-corrected chi connectivity index (χ4v) is 3.36. The summed E-state index contributed by atoms with van der Waals surface area (Å²) in [5, 5.41) is 15.0. The minimum atomic E-state index is -0.977. The second-order valence-corrected chi connectivity index (χ2v) is 7.51. The van der Waals surface area contributed by atoms with E-state index < -0.39 is 29.5 Å². The molecule has 0 aliphatic heterocycles. The predicted molar refractivity (Wildman–Crippen MR) is 119 cm³/mol. The Hall–Kier alpha value is -3.94. The number of aryl methyl sites for hydroxylation is 1. The van der Waals surface area contributed by atoms with Gasteiger partial charge in [-0.2, -0.15) is 0 Å². The lowest BCUT2D eigenvalue weighted by Crippen LogP contribution is -2.45. The molecule has 166 valence electrons. The van der Waals surface area contributed by atoms with E-state index in [-0.39, 0.29) is 25.7 Å². The molecule has 1 aromatic heterocycles. The van der Waals surface area contributed by atoms with E-state index in [4.69, 9.17) is 9.52 Å². The highest BCUT2D eigenvalue weighted by Gasteiger charge is 2.22. The lowest BCUT2D eigenvalue weighted by molar-refractivity contribution is -0.137. The number of rotatable bonds is 9. The fraction of sp³-hybridized carbons (Fsp3) is 0.250. The van der Waals surface area contributed by atoms with Gasteiger partial charge in [0.2, 0.25) is 11.8 Å². The normalized spacial score (nSPS) is 11.7. The molecule has 3 N–H and O–H groups in total. The summed E-state index contributed by atoms with van der Waals surface area (Å²) < 4.78 is 5.22. The maximum Gasteiger partial charge on any atom is 0.336 e. The fourth-order valence-electron chi connectivity index (χ4n) is 3.36. The van der Waals surface area contributed by atoms with Crippen molar-refractivity contribution in [1.29, 1.82) is 0 Å². The summed E-state index contributed by atoms with van der Waals surface area (Å²) in [6, 6.07) is 14.8. The number of nitrogens with one attached hydrogen (secondary N) is 2. The predicted octanol–water partition coefficient (Wildman–Crippen LogP) is 3.02. The van der Waals surface area contributed by atoms with Crippen LogP contribution in [0.4, 0.5) is 5.69 Å². The molecule has 0 bridgehead atoms. The summed E-state index contributed by atoms with van der Waals surface area (Å²) in [5.41, 5.74) is 1.93. The molecular formula is C24H24N2O6. The lowest BCUT2D eigenvalue weighted by Gasteiger charge is -2.19. The third kappa shape index (κ3) is 6.28. The zero-order valence-electron chi connectivity index (χ0n) is 17.6. The molecule has 0 aliphatic carbocycles. The highest BCUT2D eigenvalue weighted by molar-refractivity contribution is 5.98. The molecular weight excluding hydrogens is 412 g/mol. The zero-order chi connectivity index (χ0) is 23.1. The van der Waals surface area contributed by atoms with Gasteiger partial charge in [0.25, 0.3) is 0 Å². The first-order valence-electron chi connectivity index (χ1n) is 10.2. The van der Waals surface area contributed by atoms with Crippen LogP contribution in [-0.4, -0.2) is 28.9 Å². The molecule has 2 amide bonds. The number of carboxylic acid groups (broad SMARTS) is 1. The topological polar surface area (TPSA) is 126 Å². The number of amides is 2. The van der Waals surface area contributed by atoms with Gasteiger partial charge in [0.1, 0.15) is 11.6 Å². The quantitative estimate of drug-likeness (QED) is 0.443. The van der Waals surface area contributed by atoms with E-state index in [1.807, 2.05) is 30.3 Å². The number of carboxylic acids is 1. The van der Waals surface area contributed by atoms with Gasteiger partial charge in [-0.05, 0) is 36.6 Å². The summed E-state index contributed by atoms with van der Waals surface area (Å²) in [4.78, 5) is 47.6. The third-order valence-corrected chi connectivity index (χ3v) is 4.95. The molecule has 0 spiro atoms. The summed E-state index contributed by atoms with van der Waals surface area (Å²) in [5.74, 6) is -1.81. The Balaban J connectivity index is 1.76. The smallest absolute Gasteiger partial charge is 0.336 e. The Kier molecular flexibility index (Phi) is 7.38. The molecule has 1 heterocycles. The molecule has 32 heavy (non-hydrogen) atoms. The monoisotopic (exact) mass is 436 g/mol. The van der Waals surface area contributed by atoms with Gasteiger partial charge in [-0.25, -0.2) is 4.79 Å². The number of hydrogen-bond acceptors (Lipinski definition) is 5. The minimum absolute atomic E-state index is 0.00524. The number of hydrogen-bond donors (Lipinski definition) is 3. The van der Waals surface area contributed by atoms with Gasteiger partial charge in [0.15, 0.2) is 0 Å². The van der Waals surface area contributed by atoms with Crippen LogP contribution in [0.3, 0.4) is 0 Å². The molecule has 3 rings (SSSR count). The summed E-state index contributed by atoms with van der Waals surface area (Å²) >= 11 is 0. The van der Waals surface area contributed by atoms with Crippen molar-refractivity contribution in [3.8, 4) is 0 Å². The molecule has 0 radical (unpaired) electrons. The SMILES string of the molecule is Cc1cc(=O)oc2cc(NC(=O)[C@@H](Cc3ccccc3)NC(=O)CCCC(=O)O)ccc12. The van der Waals surface area contributed by atoms with Crippen LogP contribution in [0.15, 0.2) is 63.8 Å². The van der Waals surface area contributed by atoms with E-state index in [0.717, 1.165) is 16.5 Å². The van der Waals surface area contributed by atoms with Crippen LogP contribution < -0.4 is 16.3 Å². The van der Waals surface area contributed by atoms with Crippen molar-refractivity contribution < 1.29 is 23.9 Å². The number of fused-ring (bicyclic) bond motifs is 1. The van der Waals surface area contributed by atoms with E-state index in [1.54, 1.807) is 25.1 Å². The van der Waals surface area contributed by atoms with Gasteiger partial charge in [0.05, 0.1) is 0 Å². The van der Waals surface area contributed by atoms with Crippen molar-refractivity contribution in [2.24, 2.45) is 0 Å². The van der Waals surface area contributed by atoms with E-state index in [9.17, 15) is 19.2 Å².